The molecule has 1 N–H and O–H groups in total. The minimum absolute atomic E-state index is 0.0283. The first-order chi connectivity index (χ1) is 13.1. The molecule has 1 amide bonds. The monoisotopic (exact) mass is 401 g/mol. The second-order valence-corrected chi connectivity index (χ2v) is 7.38. The Hall–Kier alpha value is -2.38. The molecule has 27 heavy (non-hydrogen) atoms. The van der Waals surface area contributed by atoms with Crippen LogP contribution >= 0.6 is 23.4 Å². The van der Waals surface area contributed by atoms with E-state index in [1.807, 2.05) is 60.9 Å². The molecule has 1 atom stereocenters. The fraction of sp³-hybridized carbons (Fsp3) is 0.263. The van der Waals surface area contributed by atoms with E-state index in [0.717, 1.165) is 12.1 Å². The van der Waals surface area contributed by atoms with Crippen LogP contribution in [-0.4, -0.2) is 37.5 Å². The molecule has 2 aromatic heterocycles. The van der Waals surface area contributed by atoms with E-state index in [4.69, 9.17) is 11.6 Å². The van der Waals surface area contributed by atoms with Gasteiger partial charge in [0.2, 0.25) is 5.91 Å². The van der Waals surface area contributed by atoms with Crippen molar-refractivity contribution in [2.75, 3.05) is 5.75 Å². The number of thioether (sulfide) groups is 1. The lowest BCUT2D eigenvalue weighted by Gasteiger charge is -2.12. The maximum absolute atomic E-state index is 12.1. The molecule has 0 aliphatic rings. The zero-order valence-corrected chi connectivity index (χ0v) is 16.7. The van der Waals surface area contributed by atoms with Gasteiger partial charge in [-0.25, -0.2) is 0 Å². The second-order valence-electron chi connectivity index (χ2n) is 6.00. The third-order valence-electron chi connectivity index (χ3n) is 3.96. The van der Waals surface area contributed by atoms with Crippen LogP contribution in [0.25, 0.3) is 17.2 Å². The summed E-state index contributed by atoms with van der Waals surface area (Å²) in [5.74, 6) is 0.848. The van der Waals surface area contributed by atoms with Crippen LogP contribution in [0.3, 0.4) is 0 Å². The summed E-state index contributed by atoms with van der Waals surface area (Å²) in [7, 11) is 0. The van der Waals surface area contributed by atoms with E-state index in [1.54, 1.807) is 6.20 Å². The van der Waals surface area contributed by atoms with Gasteiger partial charge in [0, 0.05) is 22.9 Å². The van der Waals surface area contributed by atoms with Gasteiger partial charge in [-0.15, -0.1) is 10.2 Å². The first-order valence-electron chi connectivity index (χ1n) is 8.63. The Bertz CT molecular complexity index is 898. The van der Waals surface area contributed by atoms with Crippen molar-refractivity contribution >= 4 is 29.3 Å². The van der Waals surface area contributed by atoms with Gasteiger partial charge in [-0.05, 0) is 49.7 Å². The SMILES string of the molecule is CC[C@H](C)NC(=O)CSc1nnc(-c2ccccn2)n1-c1ccc(Cl)cc1. The fourth-order valence-corrected chi connectivity index (χ4v) is 3.28. The van der Waals surface area contributed by atoms with Gasteiger partial charge in [0.25, 0.3) is 0 Å². The summed E-state index contributed by atoms with van der Waals surface area (Å²) in [4.78, 5) is 16.5. The Balaban J connectivity index is 1.91. The van der Waals surface area contributed by atoms with E-state index in [-0.39, 0.29) is 17.7 Å². The summed E-state index contributed by atoms with van der Waals surface area (Å²) in [6.07, 6.45) is 2.60. The van der Waals surface area contributed by atoms with E-state index >= 15 is 0 Å². The zero-order valence-electron chi connectivity index (χ0n) is 15.1. The fourth-order valence-electron chi connectivity index (χ4n) is 2.40. The standard InChI is InChI=1S/C19H20ClN5OS/c1-3-13(2)22-17(26)12-27-19-24-23-18(16-6-4-5-11-21-16)25(19)15-9-7-14(20)8-10-15/h4-11,13H,3,12H2,1-2H3,(H,22,26)/t13-/m0/s1. The van der Waals surface area contributed by atoms with Gasteiger partial charge in [0.05, 0.1) is 5.75 Å². The number of carbonyl (C=O) groups excluding carboxylic acids is 1. The van der Waals surface area contributed by atoms with Crippen LogP contribution in [0, 0.1) is 0 Å². The van der Waals surface area contributed by atoms with E-state index in [9.17, 15) is 4.79 Å². The molecule has 6 nitrogen and oxygen atoms in total. The normalized spacial score (nSPS) is 12.0. The highest BCUT2D eigenvalue weighted by Crippen LogP contribution is 2.27. The van der Waals surface area contributed by atoms with Crippen LogP contribution in [0.15, 0.2) is 53.8 Å². The number of halogens is 1. The van der Waals surface area contributed by atoms with Crippen molar-refractivity contribution < 1.29 is 4.79 Å². The van der Waals surface area contributed by atoms with E-state index < -0.39 is 0 Å². The lowest BCUT2D eigenvalue weighted by Crippen LogP contribution is -2.33. The summed E-state index contributed by atoms with van der Waals surface area (Å²) in [6.45, 7) is 4.02. The smallest absolute Gasteiger partial charge is 0.230 e. The quantitative estimate of drug-likeness (QED) is 0.606. The average molecular weight is 402 g/mol. The third kappa shape index (κ3) is 4.87. The van der Waals surface area contributed by atoms with Crippen LogP contribution in [0.5, 0.6) is 0 Å². The van der Waals surface area contributed by atoms with Gasteiger partial charge >= 0.3 is 0 Å². The van der Waals surface area contributed by atoms with Gasteiger partial charge in [-0.3, -0.25) is 14.3 Å². The van der Waals surface area contributed by atoms with Crippen LogP contribution in [-0.2, 0) is 4.79 Å². The second kappa shape index (κ2) is 9.01. The number of amides is 1. The molecule has 0 bridgehead atoms. The highest BCUT2D eigenvalue weighted by atomic mass is 35.5. The van der Waals surface area contributed by atoms with Crippen molar-refractivity contribution in [3.63, 3.8) is 0 Å². The predicted molar refractivity (Wildman–Crippen MR) is 108 cm³/mol. The Labute approximate surface area is 167 Å². The number of rotatable bonds is 7. The van der Waals surface area contributed by atoms with Gasteiger partial charge in [0.15, 0.2) is 11.0 Å². The lowest BCUT2D eigenvalue weighted by atomic mass is 10.3. The molecule has 1 aromatic carbocycles. The molecule has 0 aliphatic carbocycles. The number of benzene rings is 1. The molecule has 0 fully saturated rings. The van der Waals surface area contributed by atoms with Gasteiger partial charge < -0.3 is 5.32 Å². The first kappa shape index (κ1) is 19.4. The Morgan fingerprint density at radius 1 is 1.22 bits per heavy atom. The Morgan fingerprint density at radius 3 is 2.67 bits per heavy atom. The maximum Gasteiger partial charge on any atom is 0.230 e. The molecule has 2 heterocycles. The maximum atomic E-state index is 12.1. The highest BCUT2D eigenvalue weighted by molar-refractivity contribution is 7.99. The summed E-state index contributed by atoms with van der Waals surface area (Å²) in [5, 5.41) is 12.8. The van der Waals surface area contributed by atoms with Crippen LogP contribution in [0.4, 0.5) is 0 Å². The molecular formula is C19H20ClN5OS. The number of nitrogens with one attached hydrogen (secondary N) is 1. The third-order valence-corrected chi connectivity index (χ3v) is 5.15. The van der Waals surface area contributed by atoms with Crippen LogP contribution < -0.4 is 5.32 Å². The number of aromatic nitrogens is 4. The van der Waals surface area contributed by atoms with Crippen molar-refractivity contribution in [3.8, 4) is 17.2 Å². The van der Waals surface area contributed by atoms with Gasteiger partial charge in [0.1, 0.15) is 5.69 Å². The predicted octanol–water partition coefficient (Wildman–Crippen LogP) is 3.99. The first-order valence-corrected chi connectivity index (χ1v) is 9.99. The molecule has 0 saturated carbocycles. The average Bonchev–Trinajstić information content (AvgIpc) is 3.11. The Kier molecular flexibility index (Phi) is 6.47. The highest BCUT2D eigenvalue weighted by Gasteiger charge is 2.18. The molecule has 0 radical (unpaired) electrons. The largest absolute Gasteiger partial charge is 0.353 e. The Morgan fingerprint density at radius 2 is 2.00 bits per heavy atom. The summed E-state index contributed by atoms with van der Waals surface area (Å²) in [5.41, 5.74) is 1.56. The van der Waals surface area contributed by atoms with E-state index in [0.29, 0.717) is 21.7 Å². The number of nitrogens with zero attached hydrogens (tertiary/aromatic N) is 4. The molecule has 8 heteroatoms. The molecule has 0 spiro atoms. The minimum Gasteiger partial charge on any atom is -0.353 e. The van der Waals surface area contributed by atoms with Crippen molar-refractivity contribution in [1.29, 1.82) is 0 Å². The zero-order chi connectivity index (χ0) is 19.2. The van der Waals surface area contributed by atoms with E-state index in [1.165, 1.54) is 11.8 Å². The van der Waals surface area contributed by atoms with E-state index in [2.05, 4.69) is 20.5 Å². The topological polar surface area (TPSA) is 72.7 Å². The summed E-state index contributed by atoms with van der Waals surface area (Å²) >= 11 is 7.36. The number of hydrogen-bond donors (Lipinski definition) is 1. The minimum atomic E-state index is -0.0283. The molecule has 0 unspecified atom stereocenters. The van der Waals surface area contributed by atoms with Gasteiger partial charge in [-0.1, -0.05) is 36.4 Å². The molecular weight excluding hydrogens is 382 g/mol. The summed E-state index contributed by atoms with van der Waals surface area (Å²) in [6, 6.07) is 13.2. The van der Waals surface area contributed by atoms with Crippen LogP contribution in [0.2, 0.25) is 5.02 Å². The molecule has 140 valence electrons. The van der Waals surface area contributed by atoms with Crippen molar-refractivity contribution in [2.45, 2.75) is 31.5 Å². The molecule has 0 saturated heterocycles. The molecule has 3 aromatic rings. The number of hydrogen-bond acceptors (Lipinski definition) is 5. The summed E-state index contributed by atoms with van der Waals surface area (Å²) < 4.78 is 1.89. The van der Waals surface area contributed by atoms with Crippen molar-refractivity contribution in [2.24, 2.45) is 0 Å². The van der Waals surface area contributed by atoms with Gasteiger partial charge in [-0.2, -0.15) is 0 Å². The molecule has 3 rings (SSSR count). The number of carbonyl (C=O) groups is 1. The van der Waals surface area contributed by atoms with Crippen molar-refractivity contribution in [1.82, 2.24) is 25.1 Å². The lowest BCUT2D eigenvalue weighted by molar-refractivity contribution is -0.119. The molecule has 0 aliphatic heterocycles. The van der Waals surface area contributed by atoms with Crippen LogP contribution in [0.1, 0.15) is 20.3 Å². The number of pyridine rings is 1. The van der Waals surface area contributed by atoms with Crippen molar-refractivity contribution in [3.05, 3.63) is 53.7 Å².